The smallest absolute Gasteiger partial charge is 0.337 e. The van der Waals surface area contributed by atoms with E-state index in [1.54, 1.807) is 18.2 Å². The fourth-order valence-corrected chi connectivity index (χ4v) is 2.32. The Morgan fingerprint density at radius 1 is 1.21 bits per heavy atom. The van der Waals surface area contributed by atoms with Gasteiger partial charge in [-0.05, 0) is 30.3 Å². The van der Waals surface area contributed by atoms with Gasteiger partial charge >= 0.3 is 5.97 Å². The van der Waals surface area contributed by atoms with Gasteiger partial charge in [-0.25, -0.2) is 9.48 Å². The Labute approximate surface area is 116 Å². The number of carboxylic acids is 1. The summed E-state index contributed by atoms with van der Waals surface area (Å²) in [6.07, 6.45) is 0. The summed E-state index contributed by atoms with van der Waals surface area (Å²) in [4.78, 5) is 11.3. The van der Waals surface area contributed by atoms with Gasteiger partial charge in [-0.2, -0.15) is 0 Å². The number of nitrogens with zero attached hydrogens (tertiary/aromatic N) is 3. The minimum Gasteiger partial charge on any atom is -0.478 e. The molecule has 6 heteroatoms. The Morgan fingerprint density at radius 3 is 2.74 bits per heavy atom. The molecule has 1 aromatic heterocycles. The van der Waals surface area contributed by atoms with Crippen LogP contribution in [0.2, 0.25) is 0 Å². The zero-order valence-corrected chi connectivity index (χ0v) is 11.2. The van der Waals surface area contributed by atoms with E-state index in [1.807, 2.05) is 24.3 Å². The minimum atomic E-state index is -0.996. The van der Waals surface area contributed by atoms with Crippen molar-refractivity contribution in [2.45, 2.75) is 0 Å². The van der Waals surface area contributed by atoms with E-state index >= 15 is 0 Å². The Bertz CT molecular complexity index is 782. The summed E-state index contributed by atoms with van der Waals surface area (Å²) < 4.78 is 2.42. The molecule has 94 valence electrons. The second-order valence-corrected chi connectivity index (χ2v) is 4.88. The van der Waals surface area contributed by atoms with E-state index < -0.39 is 5.97 Å². The van der Waals surface area contributed by atoms with E-state index in [9.17, 15) is 9.90 Å². The zero-order chi connectivity index (χ0) is 13.4. The lowest BCUT2D eigenvalue weighted by atomic mass is 10.2. The standard InChI is InChI=1S/C13H8BrN3O2/c14-8-3-1-4-9(7-8)17-12-10(13(18)19)5-2-6-11(12)15-16-17/h1-7H,(H,18,19). The molecule has 3 aromatic rings. The van der Waals surface area contributed by atoms with Crippen molar-refractivity contribution < 1.29 is 9.90 Å². The van der Waals surface area contributed by atoms with Crippen LogP contribution in [0.25, 0.3) is 16.7 Å². The van der Waals surface area contributed by atoms with E-state index in [0.29, 0.717) is 11.0 Å². The number of fused-ring (bicyclic) bond motifs is 1. The van der Waals surface area contributed by atoms with Crippen LogP contribution >= 0.6 is 15.9 Å². The van der Waals surface area contributed by atoms with Gasteiger partial charge in [-0.3, -0.25) is 0 Å². The molecule has 1 heterocycles. The molecule has 0 saturated carbocycles. The van der Waals surface area contributed by atoms with Gasteiger partial charge in [-0.1, -0.05) is 33.3 Å². The monoisotopic (exact) mass is 317 g/mol. The molecule has 0 atom stereocenters. The third-order valence-corrected chi connectivity index (χ3v) is 3.24. The van der Waals surface area contributed by atoms with Gasteiger partial charge in [-0.15, -0.1) is 5.10 Å². The first-order chi connectivity index (χ1) is 9.16. The van der Waals surface area contributed by atoms with E-state index in [-0.39, 0.29) is 5.56 Å². The Kier molecular flexibility index (Phi) is 2.79. The average molecular weight is 318 g/mol. The SMILES string of the molecule is O=C(O)c1cccc2nnn(-c3cccc(Br)c3)c12. The van der Waals surface area contributed by atoms with Gasteiger partial charge in [0.1, 0.15) is 11.0 Å². The van der Waals surface area contributed by atoms with Crippen molar-refractivity contribution in [3.8, 4) is 5.69 Å². The molecule has 2 aromatic carbocycles. The highest BCUT2D eigenvalue weighted by Gasteiger charge is 2.15. The second kappa shape index (κ2) is 4.47. The van der Waals surface area contributed by atoms with Gasteiger partial charge in [0.25, 0.3) is 0 Å². The molecule has 0 bridgehead atoms. The van der Waals surface area contributed by atoms with Crippen molar-refractivity contribution in [1.82, 2.24) is 15.0 Å². The molecular formula is C13H8BrN3O2. The summed E-state index contributed by atoms with van der Waals surface area (Å²) in [5, 5.41) is 17.3. The van der Waals surface area contributed by atoms with E-state index in [4.69, 9.17) is 0 Å². The summed E-state index contributed by atoms with van der Waals surface area (Å²) in [6.45, 7) is 0. The van der Waals surface area contributed by atoms with Crippen LogP contribution in [0, 0.1) is 0 Å². The first-order valence-corrected chi connectivity index (χ1v) is 6.30. The lowest BCUT2D eigenvalue weighted by molar-refractivity contribution is 0.0698. The summed E-state index contributed by atoms with van der Waals surface area (Å²) in [5.41, 5.74) is 1.99. The van der Waals surface area contributed by atoms with Gasteiger partial charge < -0.3 is 5.11 Å². The largest absolute Gasteiger partial charge is 0.478 e. The van der Waals surface area contributed by atoms with Gasteiger partial charge in [0.2, 0.25) is 0 Å². The van der Waals surface area contributed by atoms with Gasteiger partial charge in [0, 0.05) is 4.47 Å². The fourth-order valence-electron chi connectivity index (χ4n) is 1.93. The predicted octanol–water partition coefficient (Wildman–Crippen LogP) is 2.88. The third kappa shape index (κ3) is 2.00. The molecule has 0 unspecified atom stereocenters. The molecule has 0 saturated heterocycles. The van der Waals surface area contributed by atoms with Crippen molar-refractivity contribution in [2.75, 3.05) is 0 Å². The number of hydrogen-bond donors (Lipinski definition) is 1. The van der Waals surface area contributed by atoms with Crippen LogP contribution in [0.4, 0.5) is 0 Å². The zero-order valence-electron chi connectivity index (χ0n) is 9.62. The van der Waals surface area contributed by atoms with Crippen molar-refractivity contribution >= 4 is 32.9 Å². The van der Waals surface area contributed by atoms with E-state index in [0.717, 1.165) is 10.2 Å². The maximum absolute atomic E-state index is 11.3. The molecule has 19 heavy (non-hydrogen) atoms. The summed E-state index contributed by atoms with van der Waals surface area (Å²) in [5.74, 6) is -0.996. The van der Waals surface area contributed by atoms with Crippen LogP contribution in [0.3, 0.4) is 0 Å². The second-order valence-electron chi connectivity index (χ2n) is 3.96. The maximum Gasteiger partial charge on any atom is 0.337 e. The lowest BCUT2D eigenvalue weighted by Gasteiger charge is -2.04. The number of aromatic carboxylic acids is 1. The lowest BCUT2D eigenvalue weighted by Crippen LogP contribution is -2.03. The van der Waals surface area contributed by atoms with E-state index in [1.165, 1.54) is 4.68 Å². The summed E-state index contributed by atoms with van der Waals surface area (Å²) in [7, 11) is 0. The molecule has 5 nitrogen and oxygen atoms in total. The van der Waals surface area contributed by atoms with E-state index in [2.05, 4.69) is 26.2 Å². The quantitative estimate of drug-likeness (QED) is 0.789. The van der Waals surface area contributed by atoms with Crippen LogP contribution in [0.15, 0.2) is 46.9 Å². The van der Waals surface area contributed by atoms with Gasteiger partial charge in [0.05, 0.1) is 11.3 Å². The van der Waals surface area contributed by atoms with Crippen molar-refractivity contribution in [3.63, 3.8) is 0 Å². The topological polar surface area (TPSA) is 68.0 Å². The normalized spacial score (nSPS) is 10.8. The van der Waals surface area contributed by atoms with Crippen molar-refractivity contribution in [1.29, 1.82) is 0 Å². The maximum atomic E-state index is 11.3. The number of carbonyl (C=O) groups is 1. The highest BCUT2D eigenvalue weighted by atomic mass is 79.9. The van der Waals surface area contributed by atoms with Gasteiger partial charge in [0.15, 0.2) is 0 Å². The molecule has 0 fully saturated rings. The molecule has 0 aliphatic heterocycles. The van der Waals surface area contributed by atoms with Crippen LogP contribution in [-0.4, -0.2) is 26.1 Å². The third-order valence-electron chi connectivity index (χ3n) is 2.75. The first-order valence-electron chi connectivity index (χ1n) is 5.50. The number of halogens is 1. The number of rotatable bonds is 2. The van der Waals surface area contributed by atoms with Crippen LogP contribution in [-0.2, 0) is 0 Å². The summed E-state index contributed by atoms with van der Waals surface area (Å²) >= 11 is 3.38. The van der Waals surface area contributed by atoms with Crippen LogP contribution in [0.1, 0.15) is 10.4 Å². The van der Waals surface area contributed by atoms with Crippen molar-refractivity contribution in [3.05, 3.63) is 52.5 Å². The summed E-state index contributed by atoms with van der Waals surface area (Å²) in [6, 6.07) is 12.4. The minimum absolute atomic E-state index is 0.183. The Hall–Kier alpha value is -2.21. The molecule has 0 spiro atoms. The number of aromatic nitrogens is 3. The number of benzene rings is 2. The Morgan fingerprint density at radius 2 is 2.00 bits per heavy atom. The molecule has 0 radical (unpaired) electrons. The molecule has 0 amide bonds. The highest BCUT2D eigenvalue weighted by molar-refractivity contribution is 9.10. The number of carboxylic acid groups (broad SMARTS) is 1. The molecule has 3 rings (SSSR count). The molecular weight excluding hydrogens is 310 g/mol. The predicted molar refractivity (Wildman–Crippen MR) is 73.5 cm³/mol. The highest BCUT2D eigenvalue weighted by Crippen LogP contribution is 2.22. The fraction of sp³-hybridized carbons (Fsp3) is 0. The van der Waals surface area contributed by atoms with Crippen molar-refractivity contribution in [2.24, 2.45) is 0 Å². The van der Waals surface area contributed by atoms with Crippen LogP contribution < -0.4 is 0 Å². The first kappa shape index (κ1) is 11.9. The Balaban J connectivity index is 2.33. The molecule has 0 aliphatic carbocycles. The molecule has 0 aliphatic rings. The van der Waals surface area contributed by atoms with Crippen LogP contribution in [0.5, 0.6) is 0 Å². The average Bonchev–Trinajstić information content (AvgIpc) is 2.82. The number of para-hydroxylation sites is 1. The number of hydrogen-bond acceptors (Lipinski definition) is 3. The molecule has 1 N–H and O–H groups in total.